The fraction of sp³-hybridized carbons (Fsp3) is 0.0909. The Balaban J connectivity index is 2.29. The molecule has 6 N–H and O–H groups in total. The number of ether oxygens (including phenoxy) is 2. The van der Waals surface area contributed by atoms with Crippen molar-refractivity contribution in [1.29, 1.82) is 0 Å². The summed E-state index contributed by atoms with van der Waals surface area (Å²) in [6, 6.07) is 25.9. The van der Waals surface area contributed by atoms with Gasteiger partial charge in [0.2, 0.25) is 0 Å². The fourth-order valence-electron chi connectivity index (χ4n) is 3.42. The molecule has 0 spiro atoms. The van der Waals surface area contributed by atoms with E-state index in [1.807, 2.05) is 83.6 Å². The highest BCUT2D eigenvalue weighted by molar-refractivity contribution is 5.71. The van der Waals surface area contributed by atoms with Gasteiger partial charge in [-0.05, 0) is 17.2 Å². The molecule has 0 aliphatic rings. The minimum Gasteiger partial charge on any atom is -0.447 e. The van der Waals surface area contributed by atoms with Gasteiger partial charge < -0.3 is 9.47 Å². The zero-order valence-corrected chi connectivity index (χ0v) is 16.1. The Morgan fingerprint density at radius 2 is 1.23 bits per heavy atom. The Morgan fingerprint density at radius 3 is 1.77 bits per heavy atom. The van der Waals surface area contributed by atoms with Crippen LogP contribution in [0.4, 0.5) is 9.59 Å². The first kappa shape index (κ1) is 20.8. The van der Waals surface area contributed by atoms with Gasteiger partial charge in [0.1, 0.15) is 12.4 Å². The lowest BCUT2D eigenvalue weighted by molar-refractivity contribution is 0.131. The van der Waals surface area contributed by atoms with Crippen LogP contribution < -0.4 is 27.3 Å². The number of hydrogen-bond donors (Lipinski definition) is 4. The summed E-state index contributed by atoms with van der Waals surface area (Å²) in [6.45, 7) is -0.103. The van der Waals surface area contributed by atoms with Gasteiger partial charge in [0.15, 0.2) is 0 Å². The Kier molecular flexibility index (Phi) is 6.63. The Bertz CT molecular complexity index is 957. The molecule has 0 radical (unpaired) electrons. The number of nitrogens with two attached hydrogens (primary N) is 2. The molecule has 8 nitrogen and oxygen atoms in total. The van der Waals surface area contributed by atoms with E-state index in [1.54, 1.807) is 12.1 Å². The van der Waals surface area contributed by atoms with Crippen LogP contribution in [0.2, 0.25) is 0 Å². The summed E-state index contributed by atoms with van der Waals surface area (Å²) in [5.74, 6) is 10.7. The molecule has 0 unspecified atom stereocenters. The van der Waals surface area contributed by atoms with E-state index >= 15 is 0 Å². The molecule has 2 amide bonds. The maximum absolute atomic E-state index is 11.9. The molecule has 0 saturated heterocycles. The highest BCUT2D eigenvalue weighted by Gasteiger charge is 2.40. The van der Waals surface area contributed by atoms with Crippen LogP contribution in [0.1, 0.15) is 16.7 Å². The van der Waals surface area contributed by atoms with Crippen LogP contribution in [0.5, 0.6) is 5.75 Å². The Hall–Kier alpha value is -3.88. The molecule has 0 aliphatic heterocycles. The van der Waals surface area contributed by atoms with E-state index in [0.29, 0.717) is 5.56 Å². The number of hydrazine groups is 2. The Morgan fingerprint density at radius 1 is 0.733 bits per heavy atom. The molecule has 154 valence electrons. The first-order chi connectivity index (χ1) is 14.6. The number of carbonyl (C=O) groups is 2. The molecule has 3 rings (SSSR count). The summed E-state index contributed by atoms with van der Waals surface area (Å²) < 4.78 is 10.9. The van der Waals surface area contributed by atoms with Crippen molar-refractivity contribution in [1.82, 2.24) is 10.9 Å². The van der Waals surface area contributed by atoms with E-state index in [1.165, 1.54) is 0 Å². The summed E-state index contributed by atoms with van der Waals surface area (Å²) in [7, 11) is 0. The number of hydrogen-bond acceptors (Lipinski definition) is 6. The van der Waals surface area contributed by atoms with Gasteiger partial charge in [-0.1, -0.05) is 78.9 Å². The largest absolute Gasteiger partial charge is 0.447 e. The number of benzene rings is 3. The van der Waals surface area contributed by atoms with Crippen molar-refractivity contribution in [2.45, 2.75) is 5.41 Å². The molecule has 0 aromatic heterocycles. The van der Waals surface area contributed by atoms with Crippen LogP contribution in [0, 0.1) is 0 Å². The number of nitrogens with one attached hydrogen (secondary N) is 2. The van der Waals surface area contributed by atoms with Gasteiger partial charge in [0.25, 0.3) is 0 Å². The van der Waals surface area contributed by atoms with Crippen LogP contribution in [-0.2, 0) is 10.2 Å². The third-order valence-electron chi connectivity index (χ3n) is 4.74. The smallest absolute Gasteiger partial charge is 0.426 e. The van der Waals surface area contributed by atoms with E-state index in [2.05, 4.69) is 0 Å². The van der Waals surface area contributed by atoms with Crippen LogP contribution in [0.3, 0.4) is 0 Å². The number of amides is 2. The zero-order valence-electron chi connectivity index (χ0n) is 16.1. The average Bonchev–Trinajstić information content (AvgIpc) is 2.81. The molecular formula is C22H22N4O4. The summed E-state index contributed by atoms with van der Waals surface area (Å²) >= 11 is 0. The molecule has 0 saturated carbocycles. The monoisotopic (exact) mass is 406 g/mol. The molecule has 0 heterocycles. The normalized spacial score (nSPS) is 10.7. The maximum atomic E-state index is 11.9. The van der Waals surface area contributed by atoms with Crippen LogP contribution in [0.25, 0.3) is 0 Å². The third kappa shape index (κ3) is 4.24. The lowest BCUT2D eigenvalue weighted by atomic mass is 9.69. The van der Waals surface area contributed by atoms with Crippen LogP contribution in [0.15, 0.2) is 84.9 Å². The predicted molar refractivity (Wildman–Crippen MR) is 111 cm³/mol. The van der Waals surface area contributed by atoms with Crippen molar-refractivity contribution in [2.75, 3.05) is 6.61 Å². The van der Waals surface area contributed by atoms with E-state index < -0.39 is 17.6 Å². The molecule has 0 aliphatic carbocycles. The van der Waals surface area contributed by atoms with Crippen molar-refractivity contribution in [2.24, 2.45) is 11.7 Å². The third-order valence-corrected chi connectivity index (χ3v) is 4.74. The number of carbonyl (C=O) groups excluding carboxylic acids is 2. The second-order valence-corrected chi connectivity index (χ2v) is 6.39. The minimum absolute atomic E-state index is 0.103. The molecule has 0 atom stereocenters. The van der Waals surface area contributed by atoms with Crippen molar-refractivity contribution in [3.8, 4) is 5.75 Å². The van der Waals surface area contributed by atoms with Gasteiger partial charge in [-0.2, -0.15) is 0 Å². The summed E-state index contributed by atoms with van der Waals surface area (Å²) in [4.78, 5) is 23.8. The second-order valence-electron chi connectivity index (χ2n) is 6.39. The van der Waals surface area contributed by atoms with Gasteiger partial charge in [0.05, 0.1) is 5.41 Å². The molecule has 0 bridgehead atoms. The standard InChI is InChI=1S/C22H22N4O4/c23-25-20(27)29-15-22(16-9-3-1-4-10-16,17-11-5-2-6-12-17)18-13-7-8-14-19(18)30-21(28)26-24/h1-14H,15,23-24H2,(H,25,27)(H,26,28). The lowest BCUT2D eigenvalue weighted by Crippen LogP contribution is -2.40. The van der Waals surface area contributed by atoms with E-state index in [0.717, 1.165) is 11.1 Å². The van der Waals surface area contributed by atoms with Gasteiger partial charge in [-0.15, -0.1) is 0 Å². The average molecular weight is 406 g/mol. The first-order valence-electron chi connectivity index (χ1n) is 9.14. The van der Waals surface area contributed by atoms with Crippen molar-refractivity contribution >= 4 is 12.2 Å². The lowest BCUT2D eigenvalue weighted by Gasteiger charge is -2.36. The molecule has 30 heavy (non-hydrogen) atoms. The Labute approximate surface area is 173 Å². The first-order valence-corrected chi connectivity index (χ1v) is 9.14. The highest BCUT2D eigenvalue weighted by atomic mass is 16.6. The van der Waals surface area contributed by atoms with E-state index in [4.69, 9.17) is 21.2 Å². The maximum Gasteiger partial charge on any atom is 0.426 e. The summed E-state index contributed by atoms with van der Waals surface area (Å²) in [5.41, 5.74) is 5.19. The zero-order chi connectivity index (χ0) is 21.4. The van der Waals surface area contributed by atoms with Gasteiger partial charge in [0, 0.05) is 5.56 Å². The van der Waals surface area contributed by atoms with Crippen LogP contribution in [-0.4, -0.2) is 18.8 Å². The SMILES string of the molecule is NNC(=O)OCC(c1ccccc1)(c1ccccc1)c1ccccc1OC(=O)NN. The van der Waals surface area contributed by atoms with Crippen LogP contribution >= 0.6 is 0 Å². The van der Waals surface area contributed by atoms with Gasteiger partial charge in [-0.3, -0.25) is 10.9 Å². The highest BCUT2D eigenvalue weighted by Crippen LogP contribution is 2.43. The summed E-state index contributed by atoms with van der Waals surface area (Å²) in [5, 5.41) is 0. The molecule has 8 heteroatoms. The predicted octanol–water partition coefficient (Wildman–Crippen LogP) is 2.58. The summed E-state index contributed by atoms with van der Waals surface area (Å²) in [6.07, 6.45) is -1.61. The van der Waals surface area contributed by atoms with E-state index in [-0.39, 0.29) is 12.4 Å². The van der Waals surface area contributed by atoms with E-state index in [9.17, 15) is 9.59 Å². The second kappa shape index (κ2) is 9.55. The van der Waals surface area contributed by atoms with Crippen molar-refractivity contribution in [3.63, 3.8) is 0 Å². The molecule has 0 fully saturated rings. The molecular weight excluding hydrogens is 384 g/mol. The number of para-hydroxylation sites is 1. The van der Waals surface area contributed by atoms with Gasteiger partial charge in [-0.25, -0.2) is 21.3 Å². The molecule has 3 aromatic rings. The van der Waals surface area contributed by atoms with Crippen molar-refractivity contribution in [3.05, 3.63) is 102 Å². The fourth-order valence-corrected chi connectivity index (χ4v) is 3.42. The van der Waals surface area contributed by atoms with Gasteiger partial charge >= 0.3 is 12.2 Å². The molecule has 3 aromatic carbocycles. The quantitative estimate of drug-likeness (QED) is 0.216. The minimum atomic E-state index is -1.000. The topological polar surface area (TPSA) is 129 Å². The number of rotatable bonds is 6. The van der Waals surface area contributed by atoms with Crippen molar-refractivity contribution < 1.29 is 19.1 Å².